The van der Waals surface area contributed by atoms with E-state index >= 15 is 0 Å². The highest BCUT2D eigenvalue weighted by molar-refractivity contribution is 5.75. The highest BCUT2D eigenvalue weighted by Crippen LogP contribution is 2.19. The number of hydrogen-bond acceptors (Lipinski definition) is 3. The molecule has 0 radical (unpaired) electrons. The molecule has 1 aliphatic heterocycles. The van der Waals surface area contributed by atoms with Gasteiger partial charge in [0, 0.05) is 19.2 Å². The van der Waals surface area contributed by atoms with Crippen LogP contribution in [0.1, 0.15) is 49.5 Å². The lowest BCUT2D eigenvalue weighted by Crippen LogP contribution is -2.44. The van der Waals surface area contributed by atoms with Gasteiger partial charge in [-0.05, 0) is 30.4 Å². The molecular formula is C20H26N4O. The van der Waals surface area contributed by atoms with Gasteiger partial charge >= 0.3 is 6.03 Å². The third-order valence-corrected chi connectivity index (χ3v) is 4.51. The largest absolute Gasteiger partial charge is 0.331 e. The normalized spacial score (nSPS) is 15.0. The molecule has 0 bridgehead atoms. The van der Waals surface area contributed by atoms with Gasteiger partial charge in [-0.3, -0.25) is 0 Å². The highest BCUT2D eigenvalue weighted by atomic mass is 16.2. The van der Waals surface area contributed by atoms with E-state index in [1.54, 1.807) is 0 Å². The third-order valence-electron chi connectivity index (χ3n) is 4.51. The molecule has 2 aromatic rings. The van der Waals surface area contributed by atoms with Gasteiger partial charge in [0.1, 0.15) is 5.82 Å². The first-order valence-corrected chi connectivity index (χ1v) is 8.97. The van der Waals surface area contributed by atoms with E-state index in [0.717, 1.165) is 35.5 Å². The van der Waals surface area contributed by atoms with Gasteiger partial charge in [-0.1, -0.05) is 44.2 Å². The summed E-state index contributed by atoms with van der Waals surface area (Å²) in [6.07, 6.45) is 3.61. The van der Waals surface area contributed by atoms with Crippen molar-refractivity contribution in [2.75, 3.05) is 6.54 Å². The quantitative estimate of drug-likeness (QED) is 0.928. The van der Waals surface area contributed by atoms with Crippen molar-refractivity contribution in [3.63, 3.8) is 0 Å². The Kier molecular flexibility index (Phi) is 5.31. The Morgan fingerprint density at radius 3 is 2.72 bits per heavy atom. The summed E-state index contributed by atoms with van der Waals surface area (Å²) in [6.45, 7) is 7.58. The van der Waals surface area contributed by atoms with E-state index in [-0.39, 0.29) is 12.1 Å². The van der Waals surface area contributed by atoms with Gasteiger partial charge in [-0.25, -0.2) is 14.8 Å². The van der Waals surface area contributed by atoms with Crippen molar-refractivity contribution in [1.82, 2.24) is 20.2 Å². The predicted octanol–water partition coefficient (Wildman–Crippen LogP) is 3.50. The van der Waals surface area contributed by atoms with Crippen molar-refractivity contribution in [2.24, 2.45) is 5.92 Å². The lowest BCUT2D eigenvalue weighted by atomic mass is 10.1. The fourth-order valence-corrected chi connectivity index (χ4v) is 3.08. The van der Waals surface area contributed by atoms with Crippen LogP contribution in [0.3, 0.4) is 0 Å². The van der Waals surface area contributed by atoms with Crippen LogP contribution in [0.4, 0.5) is 4.79 Å². The molecular weight excluding hydrogens is 312 g/mol. The molecule has 1 N–H and O–H groups in total. The molecule has 0 unspecified atom stereocenters. The molecule has 3 rings (SSSR count). The van der Waals surface area contributed by atoms with Gasteiger partial charge in [0.2, 0.25) is 0 Å². The van der Waals surface area contributed by atoms with Gasteiger partial charge in [0.25, 0.3) is 0 Å². The van der Waals surface area contributed by atoms with Crippen LogP contribution in [-0.4, -0.2) is 27.4 Å². The summed E-state index contributed by atoms with van der Waals surface area (Å²) in [5, 5.41) is 3.09. The van der Waals surface area contributed by atoms with E-state index in [1.165, 1.54) is 0 Å². The monoisotopic (exact) mass is 338 g/mol. The van der Waals surface area contributed by atoms with Crippen LogP contribution in [0.15, 0.2) is 36.5 Å². The number of nitrogens with zero attached hydrogens (tertiary/aromatic N) is 3. The molecule has 0 fully saturated rings. The van der Waals surface area contributed by atoms with Gasteiger partial charge in [0.05, 0.1) is 18.3 Å². The Balaban J connectivity index is 1.66. The lowest BCUT2D eigenvalue weighted by molar-refractivity contribution is 0.188. The molecule has 1 aliphatic rings. The molecule has 2 heterocycles. The van der Waals surface area contributed by atoms with Crippen molar-refractivity contribution in [2.45, 2.75) is 46.2 Å². The smallest absolute Gasteiger partial charge is 0.318 e. The summed E-state index contributed by atoms with van der Waals surface area (Å²) < 4.78 is 0. The number of carbonyl (C=O) groups excluding carboxylic acids is 1. The minimum Gasteiger partial charge on any atom is -0.331 e. The first kappa shape index (κ1) is 17.4. The maximum atomic E-state index is 12.6. The zero-order valence-electron chi connectivity index (χ0n) is 15.2. The zero-order valence-corrected chi connectivity index (χ0v) is 15.2. The summed E-state index contributed by atoms with van der Waals surface area (Å²) >= 11 is 0. The van der Waals surface area contributed by atoms with Gasteiger partial charge in [0.15, 0.2) is 0 Å². The first-order chi connectivity index (χ1) is 12.0. The Hall–Kier alpha value is -2.43. The minimum atomic E-state index is -0.0361. The Bertz CT molecular complexity index is 730. The van der Waals surface area contributed by atoms with E-state index in [2.05, 4.69) is 24.1 Å². The molecule has 2 amide bonds. The second kappa shape index (κ2) is 7.64. The van der Waals surface area contributed by atoms with Crippen molar-refractivity contribution in [1.29, 1.82) is 0 Å². The van der Waals surface area contributed by atoms with E-state index in [0.29, 0.717) is 19.0 Å². The maximum Gasteiger partial charge on any atom is 0.318 e. The number of fused-ring (bicyclic) bond motifs is 1. The van der Waals surface area contributed by atoms with Crippen molar-refractivity contribution in [3.05, 3.63) is 59.2 Å². The van der Waals surface area contributed by atoms with Crippen LogP contribution in [0.5, 0.6) is 0 Å². The molecule has 25 heavy (non-hydrogen) atoms. The number of urea groups is 1. The average Bonchev–Trinajstić information content (AvgIpc) is 2.61. The summed E-state index contributed by atoms with van der Waals surface area (Å²) in [5.41, 5.74) is 3.25. The van der Waals surface area contributed by atoms with Crippen LogP contribution >= 0.6 is 0 Å². The number of hydrogen-bond donors (Lipinski definition) is 1. The van der Waals surface area contributed by atoms with E-state index in [4.69, 9.17) is 4.98 Å². The molecule has 0 saturated heterocycles. The van der Waals surface area contributed by atoms with Crippen LogP contribution in [0.2, 0.25) is 0 Å². The maximum absolute atomic E-state index is 12.6. The molecule has 1 atom stereocenters. The number of amides is 2. The molecule has 5 heteroatoms. The standard InChI is InChI=1S/C20H26N4O/c1-14(2)11-19-21-12-17-9-10-24(13-18(17)23-19)20(25)22-15(3)16-7-5-4-6-8-16/h4-8,12,14-15H,9-11,13H2,1-3H3,(H,22,25)/t15-/m1/s1. The number of nitrogens with one attached hydrogen (secondary N) is 1. The molecule has 5 nitrogen and oxygen atoms in total. The van der Waals surface area contributed by atoms with E-state index in [9.17, 15) is 4.79 Å². The fourth-order valence-electron chi connectivity index (χ4n) is 3.08. The van der Waals surface area contributed by atoms with E-state index < -0.39 is 0 Å². The molecule has 1 aromatic heterocycles. The van der Waals surface area contributed by atoms with Gasteiger partial charge in [-0.15, -0.1) is 0 Å². The second-order valence-electron chi connectivity index (χ2n) is 7.11. The van der Waals surface area contributed by atoms with E-state index in [1.807, 2.05) is 48.4 Å². The fraction of sp³-hybridized carbons (Fsp3) is 0.450. The second-order valence-corrected chi connectivity index (χ2v) is 7.11. The number of carbonyl (C=O) groups is 1. The van der Waals surface area contributed by atoms with Gasteiger partial charge < -0.3 is 10.2 Å². The summed E-state index contributed by atoms with van der Waals surface area (Å²) in [6, 6.07) is 9.96. The third kappa shape index (κ3) is 4.35. The lowest BCUT2D eigenvalue weighted by Gasteiger charge is -2.29. The molecule has 132 valence electrons. The van der Waals surface area contributed by atoms with Crippen molar-refractivity contribution >= 4 is 6.03 Å². The SMILES string of the molecule is CC(C)Cc1ncc2c(n1)CN(C(=O)N[C@H](C)c1ccccc1)CC2. The van der Waals surface area contributed by atoms with Crippen LogP contribution < -0.4 is 5.32 Å². The molecule has 0 aliphatic carbocycles. The van der Waals surface area contributed by atoms with Crippen molar-refractivity contribution in [3.8, 4) is 0 Å². The first-order valence-electron chi connectivity index (χ1n) is 8.97. The topological polar surface area (TPSA) is 58.1 Å². The predicted molar refractivity (Wildman–Crippen MR) is 98.1 cm³/mol. The van der Waals surface area contributed by atoms with Crippen LogP contribution in [0, 0.1) is 5.92 Å². The summed E-state index contributed by atoms with van der Waals surface area (Å²) in [4.78, 5) is 23.6. The highest BCUT2D eigenvalue weighted by Gasteiger charge is 2.23. The molecule has 0 saturated carbocycles. The molecule has 0 spiro atoms. The number of benzene rings is 1. The van der Waals surface area contributed by atoms with Gasteiger partial charge in [-0.2, -0.15) is 0 Å². The zero-order chi connectivity index (χ0) is 17.8. The van der Waals surface area contributed by atoms with Crippen molar-refractivity contribution < 1.29 is 4.79 Å². The van der Waals surface area contributed by atoms with Crippen LogP contribution in [0.25, 0.3) is 0 Å². The average molecular weight is 338 g/mol. The van der Waals surface area contributed by atoms with Crippen LogP contribution in [-0.2, 0) is 19.4 Å². The number of aromatic nitrogens is 2. The molecule has 1 aromatic carbocycles. The minimum absolute atomic E-state index is 0.0167. The Morgan fingerprint density at radius 2 is 2.00 bits per heavy atom. The number of rotatable bonds is 4. The summed E-state index contributed by atoms with van der Waals surface area (Å²) in [7, 11) is 0. The Labute approximate surface area is 149 Å². The summed E-state index contributed by atoms with van der Waals surface area (Å²) in [5.74, 6) is 1.39. The Morgan fingerprint density at radius 1 is 1.24 bits per heavy atom.